The summed E-state index contributed by atoms with van der Waals surface area (Å²) in [5.41, 5.74) is 1.13. The number of fused-ring (bicyclic) bond motifs is 1. The van der Waals surface area contributed by atoms with Gasteiger partial charge in [0.1, 0.15) is 29.5 Å². The molecule has 2 aliphatic rings. The maximum absolute atomic E-state index is 14.9. The second-order valence-electron chi connectivity index (χ2n) is 9.34. The Balaban J connectivity index is 1.24. The van der Waals surface area contributed by atoms with Gasteiger partial charge in [0.2, 0.25) is 0 Å². The molecule has 1 aliphatic carbocycles. The zero-order valence-electron chi connectivity index (χ0n) is 21.4. The molecule has 1 fully saturated rings. The first-order valence-corrected chi connectivity index (χ1v) is 13.8. The van der Waals surface area contributed by atoms with Crippen LogP contribution in [0, 0.1) is 11.3 Å². The highest BCUT2D eigenvalue weighted by atomic mass is 32.1. The predicted octanol–water partition coefficient (Wildman–Crippen LogP) is 5.53. The van der Waals surface area contributed by atoms with Gasteiger partial charge in [0.25, 0.3) is 0 Å². The van der Waals surface area contributed by atoms with Crippen molar-refractivity contribution in [2.45, 2.75) is 38.3 Å². The molecule has 5 rings (SSSR count). The Kier molecular flexibility index (Phi) is 8.65. The van der Waals surface area contributed by atoms with Crippen LogP contribution in [0.3, 0.4) is 0 Å². The van der Waals surface area contributed by atoms with E-state index >= 15 is 0 Å². The number of alkyl halides is 1. The standard InChI is InChI=1S/C28H29FN6O3S/c29-22-16-20(5-6-23(22)33-27(36)34-28-32-9-14-39-28)38-25-7-8-31-24-17-26(19(18-30)15-21(24)25)37-13-4-12-35-10-2-1-3-11-35/h5-9,14-15,17,22H,1-4,10-13,16H2,(H2,32,33,34,36). The van der Waals surface area contributed by atoms with E-state index in [4.69, 9.17) is 9.47 Å². The Bertz CT molecular complexity index is 1410. The monoisotopic (exact) mass is 548 g/mol. The fraction of sp³-hybridized carbons (Fsp3) is 0.357. The molecular weight excluding hydrogens is 519 g/mol. The molecule has 9 nitrogen and oxygen atoms in total. The highest BCUT2D eigenvalue weighted by Crippen LogP contribution is 2.33. The minimum absolute atomic E-state index is 0.0590. The maximum atomic E-state index is 14.9. The molecule has 2 amide bonds. The second-order valence-corrected chi connectivity index (χ2v) is 10.2. The highest BCUT2D eigenvalue weighted by molar-refractivity contribution is 7.13. The van der Waals surface area contributed by atoms with E-state index < -0.39 is 12.2 Å². The van der Waals surface area contributed by atoms with Gasteiger partial charge < -0.3 is 19.7 Å². The lowest BCUT2D eigenvalue weighted by molar-refractivity contribution is 0.205. The molecule has 0 saturated carbocycles. The Morgan fingerprint density at radius 3 is 2.79 bits per heavy atom. The third-order valence-corrected chi connectivity index (χ3v) is 7.26. The smallest absolute Gasteiger partial charge is 0.325 e. The van der Waals surface area contributed by atoms with Crippen molar-refractivity contribution in [2.75, 3.05) is 31.6 Å². The lowest BCUT2D eigenvalue weighted by Gasteiger charge is -2.26. The zero-order valence-corrected chi connectivity index (χ0v) is 22.2. The van der Waals surface area contributed by atoms with E-state index in [2.05, 4.69) is 31.6 Å². The summed E-state index contributed by atoms with van der Waals surface area (Å²) < 4.78 is 26.9. The van der Waals surface area contributed by atoms with E-state index in [1.54, 1.807) is 42.0 Å². The third-order valence-electron chi connectivity index (χ3n) is 6.57. The fourth-order valence-corrected chi connectivity index (χ4v) is 5.14. The number of piperidine rings is 1. The number of allylic oxidation sites excluding steroid dienone is 4. The summed E-state index contributed by atoms with van der Waals surface area (Å²) in [6.45, 7) is 3.78. The summed E-state index contributed by atoms with van der Waals surface area (Å²) in [4.78, 5) is 23.0. The van der Waals surface area contributed by atoms with Crippen molar-refractivity contribution in [3.05, 3.63) is 65.1 Å². The van der Waals surface area contributed by atoms with Crippen LogP contribution in [0.25, 0.3) is 10.9 Å². The number of hydrogen-bond donors (Lipinski definition) is 2. The molecule has 0 spiro atoms. The number of pyridine rings is 1. The number of halogens is 1. The van der Waals surface area contributed by atoms with Crippen molar-refractivity contribution in [3.63, 3.8) is 0 Å². The number of nitriles is 1. The minimum Gasteiger partial charge on any atom is -0.492 e. The molecule has 2 aromatic heterocycles. The largest absolute Gasteiger partial charge is 0.492 e. The average Bonchev–Trinajstić information content (AvgIpc) is 3.46. The molecule has 1 saturated heterocycles. The first-order chi connectivity index (χ1) is 19.1. The number of amides is 2. The summed E-state index contributed by atoms with van der Waals surface area (Å²) in [6.07, 6.45) is 9.44. The number of carbonyl (C=O) groups is 1. The number of rotatable bonds is 9. The molecule has 39 heavy (non-hydrogen) atoms. The lowest BCUT2D eigenvalue weighted by atomic mass is 10.1. The van der Waals surface area contributed by atoms with Gasteiger partial charge in [-0.25, -0.2) is 14.2 Å². The minimum atomic E-state index is -1.46. The number of thiazole rings is 1. The SMILES string of the molecule is N#Cc1cc2c(OC3=CC=C(NC(=O)Nc4nccs4)C(F)C3)ccnc2cc1OCCCN1CCCCC1. The number of likely N-dealkylation sites (tertiary alicyclic amines) is 1. The van der Waals surface area contributed by atoms with Gasteiger partial charge in [-0.1, -0.05) is 6.42 Å². The molecule has 1 aliphatic heterocycles. The van der Waals surface area contributed by atoms with Crippen molar-refractivity contribution >= 4 is 33.4 Å². The fourth-order valence-electron chi connectivity index (χ4n) is 4.62. The Labute approximate surface area is 230 Å². The quantitative estimate of drug-likeness (QED) is 0.338. The summed E-state index contributed by atoms with van der Waals surface area (Å²) in [5.74, 6) is 1.33. The van der Waals surface area contributed by atoms with E-state index in [9.17, 15) is 14.4 Å². The second kappa shape index (κ2) is 12.7. The van der Waals surface area contributed by atoms with Crippen molar-refractivity contribution in [2.24, 2.45) is 0 Å². The van der Waals surface area contributed by atoms with Crippen LogP contribution in [-0.2, 0) is 0 Å². The highest BCUT2D eigenvalue weighted by Gasteiger charge is 2.23. The van der Waals surface area contributed by atoms with E-state index in [-0.39, 0.29) is 12.1 Å². The number of aromatic nitrogens is 2. The molecule has 11 heteroatoms. The first kappa shape index (κ1) is 26.6. The van der Waals surface area contributed by atoms with E-state index in [0.29, 0.717) is 45.5 Å². The maximum Gasteiger partial charge on any atom is 0.325 e. The molecule has 1 atom stereocenters. The number of nitrogens with one attached hydrogen (secondary N) is 2. The summed E-state index contributed by atoms with van der Waals surface area (Å²) in [6, 6.07) is 6.76. The van der Waals surface area contributed by atoms with Gasteiger partial charge in [-0.05, 0) is 56.6 Å². The van der Waals surface area contributed by atoms with Gasteiger partial charge in [0.15, 0.2) is 5.13 Å². The number of nitrogens with zero attached hydrogens (tertiary/aromatic N) is 4. The van der Waals surface area contributed by atoms with Crippen LogP contribution in [0.15, 0.2) is 59.6 Å². The van der Waals surface area contributed by atoms with Gasteiger partial charge in [-0.3, -0.25) is 10.3 Å². The molecule has 1 unspecified atom stereocenters. The van der Waals surface area contributed by atoms with Crippen molar-refractivity contribution in [1.82, 2.24) is 20.2 Å². The van der Waals surface area contributed by atoms with E-state index in [1.165, 1.54) is 36.7 Å². The lowest BCUT2D eigenvalue weighted by Crippen LogP contribution is -2.33. The predicted molar refractivity (Wildman–Crippen MR) is 147 cm³/mol. The molecule has 1 aromatic carbocycles. The van der Waals surface area contributed by atoms with Gasteiger partial charge in [0.05, 0.1) is 23.4 Å². The molecule has 2 N–H and O–H groups in total. The molecule has 0 radical (unpaired) electrons. The zero-order chi connectivity index (χ0) is 27.0. The topological polar surface area (TPSA) is 112 Å². The van der Waals surface area contributed by atoms with Crippen molar-refractivity contribution in [3.8, 4) is 17.6 Å². The number of ether oxygens (including phenoxy) is 2. The number of anilines is 1. The van der Waals surface area contributed by atoms with Crippen LogP contribution in [0.1, 0.15) is 37.7 Å². The van der Waals surface area contributed by atoms with Crippen LogP contribution in [0.5, 0.6) is 11.5 Å². The van der Waals surface area contributed by atoms with Crippen LogP contribution in [0.4, 0.5) is 14.3 Å². The van der Waals surface area contributed by atoms with E-state index in [0.717, 1.165) is 26.1 Å². The number of hydrogen-bond acceptors (Lipinski definition) is 8. The summed E-state index contributed by atoms with van der Waals surface area (Å²) in [5, 5.41) is 17.6. The van der Waals surface area contributed by atoms with Crippen LogP contribution in [-0.4, -0.2) is 53.3 Å². The number of benzene rings is 1. The molecular formula is C28H29FN6O3S. The molecule has 0 bridgehead atoms. The van der Waals surface area contributed by atoms with Crippen molar-refractivity contribution < 1.29 is 18.7 Å². The third kappa shape index (κ3) is 6.90. The Morgan fingerprint density at radius 1 is 1.15 bits per heavy atom. The molecule has 3 aromatic rings. The van der Waals surface area contributed by atoms with Gasteiger partial charge in [-0.15, -0.1) is 11.3 Å². The Morgan fingerprint density at radius 2 is 2.03 bits per heavy atom. The van der Waals surface area contributed by atoms with Crippen LogP contribution < -0.4 is 20.1 Å². The van der Waals surface area contributed by atoms with Gasteiger partial charge >= 0.3 is 6.03 Å². The van der Waals surface area contributed by atoms with Crippen molar-refractivity contribution in [1.29, 1.82) is 5.26 Å². The summed E-state index contributed by atoms with van der Waals surface area (Å²) >= 11 is 1.27. The number of urea groups is 1. The van der Waals surface area contributed by atoms with Crippen LogP contribution in [0.2, 0.25) is 0 Å². The first-order valence-electron chi connectivity index (χ1n) is 13.0. The molecule has 3 heterocycles. The van der Waals surface area contributed by atoms with Crippen LogP contribution >= 0.6 is 11.3 Å². The van der Waals surface area contributed by atoms with E-state index in [1.807, 2.05) is 0 Å². The Hall–Kier alpha value is -4.01. The molecule has 202 valence electrons. The average molecular weight is 549 g/mol. The normalized spacial score (nSPS) is 17.6. The number of carbonyl (C=O) groups excluding carboxylic acids is 1. The summed E-state index contributed by atoms with van der Waals surface area (Å²) in [7, 11) is 0. The van der Waals surface area contributed by atoms with Gasteiger partial charge in [-0.2, -0.15) is 5.26 Å². The van der Waals surface area contributed by atoms with Gasteiger partial charge in [0, 0.05) is 42.2 Å².